The van der Waals surface area contributed by atoms with Gasteiger partial charge in [-0.05, 0) is 25.3 Å². The van der Waals surface area contributed by atoms with Gasteiger partial charge < -0.3 is 15.6 Å². The fourth-order valence-corrected chi connectivity index (χ4v) is 2.66. The molecule has 1 saturated carbocycles. The number of H-pyrrole nitrogens is 1. The summed E-state index contributed by atoms with van der Waals surface area (Å²) in [6, 6.07) is 2.86. The Labute approximate surface area is 112 Å². The Morgan fingerprint density at radius 3 is 2.94 bits per heavy atom. The predicted molar refractivity (Wildman–Crippen MR) is 75.2 cm³/mol. The Morgan fingerprint density at radius 2 is 2.22 bits per heavy atom. The number of fused-ring (bicyclic) bond motifs is 1. The van der Waals surface area contributed by atoms with Crippen molar-refractivity contribution in [2.45, 2.75) is 31.3 Å². The lowest BCUT2D eigenvalue weighted by Crippen LogP contribution is -2.31. The summed E-state index contributed by atoms with van der Waals surface area (Å²) >= 11 is 0. The molecule has 0 aliphatic heterocycles. The molecule has 1 aliphatic carbocycles. The molecule has 6 heteroatoms. The van der Waals surface area contributed by atoms with E-state index in [9.17, 15) is 0 Å². The summed E-state index contributed by atoms with van der Waals surface area (Å²) in [4.78, 5) is 14.0. The Kier molecular flexibility index (Phi) is 3.73. The number of anilines is 1. The summed E-state index contributed by atoms with van der Waals surface area (Å²) in [5.41, 5.74) is 6.86. The lowest BCUT2D eigenvalue weighted by molar-refractivity contribution is 0.628. The van der Waals surface area contributed by atoms with Crippen LogP contribution in [-0.4, -0.2) is 34.1 Å². The minimum Gasteiger partial charge on any atom is -0.356 e. The maximum Gasteiger partial charge on any atom is 0.142 e. The van der Waals surface area contributed by atoms with Crippen molar-refractivity contribution >= 4 is 29.3 Å². The van der Waals surface area contributed by atoms with E-state index in [1.165, 1.54) is 0 Å². The molecule has 2 aromatic rings. The molecular weight excluding hydrogens is 250 g/mol. The molecule has 2 unspecified atom stereocenters. The molecule has 2 heterocycles. The normalized spacial score (nSPS) is 23.0. The lowest BCUT2D eigenvalue weighted by Gasteiger charge is -2.25. The summed E-state index contributed by atoms with van der Waals surface area (Å²) in [5, 5.41) is 1.08. The van der Waals surface area contributed by atoms with Crippen molar-refractivity contribution in [3.63, 3.8) is 0 Å². The third-order valence-electron chi connectivity index (χ3n) is 3.66. The molecule has 18 heavy (non-hydrogen) atoms. The number of aromatic nitrogens is 3. The van der Waals surface area contributed by atoms with Crippen LogP contribution in [0.25, 0.3) is 11.0 Å². The molecule has 98 valence electrons. The van der Waals surface area contributed by atoms with Gasteiger partial charge in [-0.15, -0.1) is 12.4 Å². The highest BCUT2D eigenvalue weighted by Crippen LogP contribution is 2.28. The van der Waals surface area contributed by atoms with E-state index in [1.807, 2.05) is 12.3 Å². The van der Waals surface area contributed by atoms with Gasteiger partial charge in [0.1, 0.15) is 17.8 Å². The van der Waals surface area contributed by atoms with Crippen LogP contribution in [0.4, 0.5) is 5.82 Å². The van der Waals surface area contributed by atoms with Crippen LogP contribution in [-0.2, 0) is 0 Å². The number of rotatable bonds is 2. The largest absolute Gasteiger partial charge is 0.356 e. The first-order valence-electron chi connectivity index (χ1n) is 6.02. The van der Waals surface area contributed by atoms with Crippen LogP contribution in [0.2, 0.25) is 0 Å². The van der Waals surface area contributed by atoms with Gasteiger partial charge in [0, 0.05) is 25.3 Å². The molecule has 3 rings (SSSR count). The topological polar surface area (TPSA) is 70.8 Å². The van der Waals surface area contributed by atoms with Gasteiger partial charge in [0.25, 0.3) is 0 Å². The first-order chi connectivity index (χ1) is 8.25. The zero-order chi connectivity index (χ0) is 11.8. The molecule has 2 atom stereocenters. The molecule has 2 aromatic heterocycles. The highest BCUT2D eigenvalue weighted by molar-refractivity contribution is 5.87. The van der Waals surface area contributed by atoms with E-state index in [0.29, 0.717) is 12.1 Å². The van der Waals surface area contributed by atoms with Crippen LogP contribution >= 0.6 is 12.4 Å². The first kappa shape index (κ1) is 13.1. The van der Waals surface area contributed by atoms with Crippen molar-refractivity contribution in [3.8, 4) is 0 Å². The monoisotopic (exact) mass is 267 g/mol. The second kappa shape index (κ2) is 5.12. The van der Waals surface area contributed by atoms with E-state index in [2.05, 4.69) is 26.9 Å². The van der Waals surface area contributed by atoms with Gasteiger partial charge >= 0.3 is 0 Å². The van der Waals surface area contributed by atoms with Gasteiger partial charge in [-0.3, -0.25) is 0 Å². The van der Waals surface area contributed by atoms with Crippen LogP contribution in [0.5, 0.6) is 0 Å². The molecule has 3 N–H and O–H groups in total. The second-order valence-corrected chi connectivity index (χ2v) is 4.78. The smallest absolute Gasteiger partial charge is 0.142 e. The van der Waals surface area contributed by atoms with Gasteiger partial charge in [0.2, 0.25) is 0 Å². The first-order valence-corrected chi connectivity index (χ1v) is 6.02. The molecule has 0 radical (unpaired) electrons. The van der Waals surface area contributed by atoms with E-state index in [1.54, 1.807) is 6.33 Å². The van der Waals surface area contributed by atoms with E-state index in [-0.39, 0.29) is 12.4 Å². The van der Waals surface area contributed by atoms with Gasteiger partial charge in [0.05, 0.1) is 5.39 Å². The van der Waals surface area contributed by atoms with Gasteiger partial charge in [-0.2, -0.15) is 0 Å². The SMILES string of the molecule is CN(c1ncnc2[nH]ccc12)C1CCC(N)C1.Cl. The zero-order valence-electron chi connectivity index (χ0n) is 10.3. The van der Waals surface area contributed by atoms with Gasteiger partial charge in [-0.1, -0.05) is 0 Å². The number of halogens is 1. The number of nitrogens with zero attached hydrogens (tertiary/aromatic N) is 3. The minimum atomic E-state index is 0. The Balaban J connectivity index is 0.00000120. The number of hydrogen-bond acceptors (Lipinski definition) is 4. The molecule has 1 fully saturated rings. The quantitative estimate of drug-likeness (QED) is 0.869. The maximum absolute atomic E-state index is 5.97. The molecule has 0 spiro atoms. The molecule has 0 saturated heterocycles. The van der Waals surface area contributed by atoms with Crippen molar-refractivity contribution in [3.05, 3.63) is 18.6 Å². The predicted octanol–water partition coefficient (Wildman–Crippen LogP) is 1.70. The number of nitrogens with two attached hydrogens (primary N) is 1. The third kappa shape index (κ3) is 2.15. The van der Waals surface area contributed by atoms with E-state index >= 15 is 0 Å². The highest BCUT2D eigenvalue weighted by Gasteiger charge is 2.26. The minimum absolute atomic E-state index is 0. The summed E-state index contributed by atoms with van der Waals surface area (Å²) in [6.45, 7) is 0. The molecule has 0 bridgehead atoms. The lowest BCUT2D eigenvalue weighted by atomic mass is 10.2. The molecule has 0 amide bonds. The van der Waals surface area contributed by atoms with Crippen molar-refractivity contribution in [2.24, 2.45) is 5.73 Å². The molecule has 1 aliphatic rings. The Bertz CT molecular complexity index is 526. The number of hydrogen-bond donors (Lipinski definition) is 2. The summed E-state index contributed by atoms with van der Waals surface area (Å²) in [7, 11) is 2.09. The van der Waals surface area contributed by atoms with Crippen molar-refractivity contribution < 1.29 is 0 Å². The summed E-state index contributed by atoms with van der Waals surface area (Å²) in [5.74, 6) is 0.996. The summed E-state index contributed by atoms with van der Waals surface area (Å²) < 4.78 is 0. The molecule has 0 aromatic carbocycles. The standard InChI is InChI=1S/C12H17N5.ClH/c1-17(9-3-2-8(13)6-9)12-10-4-5-14-11(10)15-7-16-12;/h4-5,7-9H,2-3,6,13H2,1H3,(H,14,15,16);1H. The van der Waals surface area contributed by atoms with E-state index in [4.69, 9.17) is 5.73 Å². The maximum atomic E-state index is 5.97. The van der Waals surface area contributed by atoms with Gasteiger partial charge in [-0.25, -0.2) is 9.97 Å². The van der Waals surface area contributed by atoms with Crippen molar-refractivity contribution in [1.82, 2.24) is 15.0 Å². The van der Waals surface area contributed by atoms with Crippen LogP contribution in [0.1, 0.15) is 19.3 Å². The van der Waals surface area contributed by atoms with E-state index in [0.717, 1.165) is 36.1 Å². The van der Waals surface area contributed by atoms with Crippen LogP contribution in [0, 0.1) is 0 Å². The third-order valence-corrected chi connectivity index (χ3v) is 3.66. The van der Waals surface area contributed by atoms with Crippen molar-refractivity contribution in [1.29, 1.82) is 0 Å². The number of aromatic amines is 1. The number of nitrogens with one attached hydrogen (secondary N) is 1. The van der Waals surface area contributed by atoms with Crippen LogP contribution in [0.15, 0.2) is 18.6 Å². The van der Waals surface area contributed by atoms with Gasteiger partial charge in [0.15, 0.2) is 0 Å². The fourth-order valence-electron chi connectivity index (χ4n) is 2.66. The average Bonchev–Trinajstić information content (AvgIpc) is 2.95. The molecular formula is C12H18ClN5. The Morgan fingerprint density at radius 1 is 1.39 bits per heavy atom. The van der Waals surface area contributed by atoms with Crippen molar-refractivity contribution in [2.75, 3.05) is 11.9 Å². The zero-order valence-corrected chi connectivity index (χ0v) is 11.2. The highest BCUT2D eigenvalue weighted by atomic mass is 35.5. The summed E-state index contributed by atoms with van der Waals surface area (Å²) in [6.07, 6.45) is 6.81. The molecule has 5 nitrogen and oxygen atoms in total. The van der Waals surface area contributed by atoms with Crippen LogP contribution < -0.4 is 10.6 Å². The fraction of sp³-hybridized carbons (Fsp3) is 0.500. The Hall–Kier alpha value is -1.33. The average molecular weight is 268 g/mol. The van der Waals surface area contributed by atoms with E-state index < -0.39 is 0 Å². The second-order valence-electron chi connectivity index (χ2n) is 4.78. The van der Waals surface area contributed by atoms with Crippen LogP contribution in [0.3, 0.4) is 0 Å².